The van der Waals surface area contributed by atoms with E-state index in [9.17, 15) is 14.5 Å². The quantitative estimate of drug-likeness (QED) is 0.656. The molecule has 2 aromatic rings. The van der Waals surface area contributed by atoms with E-state index in [4.69, 9.17) is 11.6 Å². The normalized spacial score (nSPS) is 10.2. The van der Waals surface area contributed by atoms with Crippen LogP contribution in [0.2, 0.25) is 5.02 Å². The first-order valence-corrected chi connectivity index (χ1v) is 6.07. The lowest BCUT2D eigenvalue weighted by molar-refractivity contribution is -0.384. The Morgan fingerprint density at radius 2 is 1.95 bits per heavy atom. The average molecular weight is 296 g/mol. The molecule has 20 heavy (non-hydrogen) atoms. The van der Waals surface area contributed by atoms with Crippen LogP contribution in [0, 0.1) is 15.9 Å². The summed E-state index contributed by atoms with van der Waals surface area (Å²) in [4.78, 5) is 10.3. The lowest BCUT2D eigenvalue weighted by Crippen LogP contribution is -1.98. The molecule has 0 amide bonds. The van der Waals surface area contributed by atoms with E-state index in [0.29, 0.717) is 11.4 Å². The maximum absolute atomic E-state index is 13.7. The second-order valence-corrected chi connectivity index (χ2v) is 4.40. The van der Waals surface area contributed by atoms with Gasteiger partial charge < -0.3 is 10.6 Å². The van der Waals surface area contributed by atoms with Gasteiger partial charge in [0.05, 0.1) is 15.6 Å². The Bertz CT molecular complexity index is 644. The Labute approximate surface area is 119 Å². The second kappa shape index (κ2) is 5.75. The maximum Gasteiger partial charge on any atom is 0.273 e. The predicted molar refractivity (Wildman–Crippen MR) is 77.3 cm³/mol. The van der Waals surface area contributed by atoms with Crippen LogP contribution in [0.15, 0.2) is 36.4 Å². The average Bonchev–Trinajstić information content (AvgIpc) is 2.42. The van der Waals surface area contributed by atoms with Gasteiger partial charge in [-0.25, -0.2) is 4.39 Å². The Morgan fingerprint density at radius 1 is 1.25 bits per heavy atom. The van der Waals surface area contributed by atoms with Gasteiger partial charge in [0.2, 0.25) is 0 Å². The summed E-state index contributed by atoms with van der Waals surface area (Å²) in [7, 11) is 1.64. The van der Waals surface area contributed by atoms with E-state index in [1.165, 1.54) is 30.3 Å². The number of non-ortho nitro benzene ring substituents is 1. The van der Waals surface area contributed by atoms with E-state index >= 15 is 0 Å². The summed E-state index contributed by atoms with van der Waals surface area (Å²) < 4.78 is 13.7. The summed E-state index contributed by atoms with van der Waals surface area (Å²) >= 11 is 5.90. The molecule has 0 radical (unpaired) electrons. The summed E-state index contributed by atoms with van der Waals surface area (Å²) in [6.45, 7) is 0. The van der Waals surface area contributed by atoms with Crippen LogP contribution in [0.25, 0.3) is 0 Å². The molecule has 0 aromatic heterocycles. The van der Waals surface area contributed by atoms with Crippen molar-refractivity contribution in [3.05, 3.63) is 57.4 Å². The van der Waals surface area contributed by atoms with E-state index in [0.717, 1.165) is 0 Å². The molecule has 0 saturated heterocycles. The fraction of sp³-hybridized carbons (Fsp3) is 0.0769. The zero-order valence-electron chi connectivity index (χ0n) is 10.5. The molecule has 5 nitrogen and oxygen atoms in total. The first kappa shape index (κ1) is 14.1. The molecular weight excluding hydrogens is 285 g/mol. The Hall–Kier alpha value is -2.34. The SMILES string of the molecule is CNc1cc(Nc2c(F)cccc2Cl)cc([N+](=O)[O-])c1. The van der Waals surface area contributed by atoms with Crippen molar-refractivity contribution in [1.29, 1.82) is 0 Å². The third kappa shape index (κ3) is 2.97. The molecule has 7 heteroatoms. The Kier molecular flexibility index (Phi) is 4.05. The van der Waals surface area contributed by atoms with Crippen molar-refractivity contribution < 1.29 is 9.31 Å². The molecule has 0 atom stereocenters. The first-order valence-electron chi connectivity index (χ1n) is 5.69. The molecule has 2 aromatic carbocycles. The van der Waals surface area contributed by atoms with E-state index in [1.54, 1.807) is 13.1 Å². The van der Waals surface area contributed by atoms with Gasteiger partial charge in [-0.15, -0.1) is 0 Å². The third-order valence-corrected chi connectivity index (χ3v) is 2.96. The highest BCUT2D eigenvalue weighted by atomic mass is 35.5. The molecule has 0 bridgehead atoms. The van der Waals surface area contributed by atoms with Crippen LogP contribution in [0.5, 0.6) is 0 Å². The minimum Gasteiger partial charge on any atom is -0.388 e. The number of nitro benzene ring substituents is 1. The fourth-order valence-electron chi connectivity index (χ4n) is 1.69. The summed E-state index contributed by atoms with van der Waals surface area (Å²) in [6, 6.07) is 8.58. The van der Waals surface area contributed by atoms with E-state index in [1.807, 2.05) is 0 Å². The number of benzene rings is 2. The maximum atomic E-state index is 13.7. The van der Waals surface area contributed by atoms with Crippen LogP contribution in [-0.2, 0) is 0 Å². The van der Waals surface area contributed by atoms with Gasteiger partial charge in [-0.2, -0.15) is 0 Å². The number of hydrogen-bond donors (Lipinski definition) is 2. The number of para-hydroxylation sites is 1. The van der Waals surface area contributed by atoms with Crippen molar-refractivity contribution in [2.75, 3.05) is 17.7 Å². The minimum absolute atomic E-state index is 0.0803. The predicted octanol–water partition coefficient (Wildman–Crippen LogP) is 4.17. The van der Waals surface area contributed by atoms with Gasteiger partial charge >= 0.3 is 0 Å². The number of anilines is 3. The zero-order valence-corrected chi connectivity index (χ0v) is 11.2. The Morgan fingerprint density at radius 3 is 2.55 bits per heavy atom. The summed E-state index contributed by atoms with van der Waals surface area (Å²) in [5, 5.41) is 16.6. The number of hydrogen-bond acceptors (Lipinski definition) is 4. The second-order valence-electron chi connectivity index (χ2n) is 4.00. The van der Waals surface area contributed by atoms with Crippen molar-refractivity contribution >= 4 is 34.4 Å². The van der Waals surface area contributed by atoms with Crippen molar-refractivity contribution in [3.63, 3.8) is 0 Å². The van der Waals surface area contributed by atoms with E-state index in [-0.39, 0.29) is 16.4 Å². The molecule has 0 unspecified atom stereocenters. The number of halogens is 2. The summed E-state index contributed by atoms with van der Waals surface area (Å²) in [5.41, 5.74) is 0.883. The highest BCUT2D eigenvalue weighted by Crippen LogP contribution is 2.31. The molecule has 0 aliphatic carbocycles. The monoisotopic (exact) mass is 295 g/mol. The number of rotatable bonds is 4. The highest BCUT2D eigenvalue weighted by molar-refractivity contribution is 6.33. The van der Waals surface area contributed by atoms with Crippen molar-refractivity contribution in [1.82, 2.24) is 0 Å². The molecular formula is C13H11ClFN3O2. The molecule has 0 aliphatic rings. The Balaban J connectivity index is 2.43. The smallest absolute Gasteiger partial charge is 0.273 e. The molecule has 0 aliphatic heterocycles. The number of nitrogens with zero attached hydrogens (tertiary/aromatic N) is 1. The molecule has 2 rings (SSSR count). The van der Waals surface area contributed by atoms with Crippen LogP contribution in [0.4, 0.5) is 27.1 Å². The molecule has 0 heterocycles. The van der Waals surface area contributed by atoms with E-state index in [2.05, 4.69) is 10.6 Å². The van der Waals surface area contributed by atoms with Crippen LogP contribution in [-0.4, -0.2) is 12.0 Å². The lowest BCUT2D eigenvalue weighted by Gasteiger charge is -2.11. The van der Waals surface area contributed by atoms with Gasteiger partial charge in [-0.05, 0) is 18.2 Å². The third-order valence-electron chi connectivity index (χ3n) is 2.65. The van der Waals surface area contributed by atoms with E-state index < -0.39 is 10.7 Å². The van der Waals surface area contributed by atoms with Crippen molar-refractivity contribution in [2.24, 2.45) is 0 Å². The minimum atomic E-state index is -0.532. The van der Waals surface area contributed by atoms with Crippen molar-refractivity contribution in [3.8, 4) is 0 Å². The summed E-state index contributed by atoms with van der Waals surface area (Å²) in [6.07, 6.45) is 0. The van der Waals surface area contributed by atoms with Gasteiger partial charge in [-0.3, -0.25) is 10.1 Å². The first-order chi connectivity index (χ1) is 9.51. The molecule has 2 N–H and O–H groups in total. The summed E-state index contributed by atoms with van der Waals surface area (Å²) in [5.74, 6) is -0.532. The number of nitro groups is 1. The topological polar surface area (TPSA) is 67.2 Å². The van der Waals surface area contributed by atoms with Crippen LogP contribution in [0.1, 0.15) is 0 Å². The molecule has 0 spiro atoms. The largest absolute Gasteiger partial charge is 0.388 e. The number of nitrogens with one attached hydrogen (secondary N) is 2. The van der Waals surface area contributed by atoms with Crippen LogP contribution < -0.4 is 10.6 Å². The standard InChI is InChI=1S/C13H11ClFN3O2/c1-16-8-5-9(7-10(6-8)18(19)20)17-13-11(14)3-2-4-12(13)15/h2-7,16-17H,1H3. The fourth-order valence-corrected chi connectivity index (χ4v) is 1.90. The van der Waals surface area contributed by atoms with Gasteiger partial charge in [-0.1, -0.05) is 17.7 Å². The van der Waals surface area contributed by atoms with Crippen LogP contribution in [0.3, 0.4) is 0 Å². The molecule has 0 saturated carbocycles. The lowest BCUT2D eigenvalue weighted by atomic mass is 10.2. The van der Waals surface area contributed by atoms with Gasteiger partial charge in [0.25, 0.3) is 5.69 Å². The van der Waals surface area contributed by atoms with Gasteiger partial charge in [0.15, 0.2) is 0 Å². The molecule has 0 fully saturated rings. The zero-order chi connectivity index (χ0) is 14.7. The van der Waals surface area contributed by atoms with Crippen LogP contribution >= 0.6 is 11.6 Å². The van der Waals surface area contributed by atoms with Gasteiger partial charge in [0.1, 0.15) is 5.82 Å². The highest BCUT2D eigenvalue weighted by Gasteiger charge is 2.12. The van der Waals surface area contributed by atoms with Crippen molar-refractivity contribution in [2.45, 2.75) is 0 Å². The molecule has 104 valence electrons. The van der Waals surface area contributed by atoms with Gasteiger partial charge in [0, 0.05) is 30.6 Å².